The Morgan fingerprint density at radius 3 is 2.73 bits per heavy atom. The SMILES string of the molecule is CCC(OCCO)C(=O)ON. The van der Waals surface area contributed by atoms with Crippen LogP contribution in [-0.2, 0) is 14.4 Å². The molecule has 1 unspecified atom stereocenters. The predicted molar refractivity (Wildman–Crippen MR) is 37.4 cm³/mol. The Hall–Kier alpha value is -0.650. The number of hydrogen-bond donors (Lipinski definition) is 2. The van der Waals surface area contributed by atoms with Crippen molar-refractivity contribution in [1.29, 1.82) is 0 Å². The third kappa shape index (κ3) is 3.92. The molecule has 0 aromatic rings. The molecule has 11 heavy (non-hydrogen) atoms. The maximum absolute atomic E-state index is 10.7. The van der Waals surface area contributed by atoms with Crippen molar-refractivity contribution in [2.24, 2.45) is 5.90 Å². The Labute approximate surface area is 65.0 Å². The van der Waals surface area contributed by atoms with Gasteiger partial charge in [-0.3, -0.25) is 0 Å². The van der Waals surface area contributed by atoms with E-state index < -0.39 is 12.1 Å². The molecule has 0 aliphatic heterocycles. The molecule has 0 aliphatic carbocycles. The Morgan fingerprint density at radius 1 is 1.73 bits per heavy atom. The summed E-state index contributed by atoms with van der Waals surface area (Å²) in [5, 5.41) is 8.36. The number of ether oxygens (including phenoxy) is 1. The molecule has 0 fully saturated rings. The highest BCUT2D eigenvalue weighted by atomic mass is 16.7. The van der Waals surface area contributed by atoms with Crippen LogP contribution < -0.4 is 5.90 Å². The summed E-state index contributed by atoms with van der Waals surface area (Å²) in [5.74, 6) is 4.02. The van der Waals surface area contributed by atoms with Crippen molar-refractivity contribution in [3.8, 4) is 0 Å². The summed E-state index contributed by atoms with van der Waals surface area (Å²) in [6, 6.07) is 0. The maximum atomic E-state index is 10.7. The lowest BCUT2D eigenvalue weighted by Gasteiger charge is -2.11. The molecule has 0 bridgehead atoms. The monoisotopic (exact) mass is 163 g/mol. The van der Waals surface area contributed by atoms with E-state index in [1.54, 1.807) is 6.92 Å². The number of aliphatic hydroxyl groups is 1. The van der Waals surface area contributed by atoms with Crippen LogP contribution in [0, 0.1) is 0 Å². The van der Waals surface area contributed by atoms with Gasteiger partial charge in [-0.1, -0.05) is 6.92 Å². The summed E-state index contributed by atoms with van der Waals surface area (Å²) in [6.07, 6.45) is -0.178. The summed E-state index contributed by atoms with van der Waals surface area (Å²) in [7, 11) is 0. The summed E-state index contributed by atoms with van der Waals surface area (Å²) < 4.78 is 4.89. The number of rotatable bonds is 5. The minimum atomic E-state index is -0.660. The van der Waals surface area contributed by atoms with Crippen molar-refractivity contribution in [3.63, 3.8) is 0 Å². The molecule has 0 aliphatic rings. The molecular formula is C6H13NO4. The van der Waals surface area contributed by atoms with E-state index in [-0.39, 0.29) is 13.2 Å². The molecule has 5 nitrogen and oxygen atoms in total. The van der Waals surface area contributed by atoms with Crippen molar-refractivity contribution in [3.05, 3.63) is 0 Å². The van der Waals surface area contributed by atoms with E-state index in [1.165, 1.54) is 0 Å². The molecule has 66 valence electrons. The van der Waals surface area contributed by atoms with Gasteiger partial charge < -0.3 is 14.7 Å². The van der Waals surface area contributed by atoms with E-state index in [9.17, 15) is 4.79 Å². The quantitative estimate of drug-likeness (QED) is 0.518. The predicted octanol–water partition coefficient (Wildman–Crippen LogP) is -0.809. The van der Waals surface area contributed by atoms with Crippen molar-refractivity contribution in [1.82, 2.24) is 0 Å². The van der Waals surface area contributed by atoms with Gasteiger partial charge in [0.15, 0.2) is 6.10 Å². The number of aliphatic hydroxyl groups excluding tert-OH is 1. The van der Waals surface area contributed by atoms with Crippen LogP contribution in [-0.4, -0.2) is 30.4 Å². The van der Waals surface area contributed by atoms with Crippen molar-refractivity contribution in [2.45, 2.75) is 19.4 Å². The first-order chi connectivity index (χ1) is 5.26. The first-order valence-corrected chi connectivity index (χ1v) is 3.39. The summed E-state index contributed by atoms with van der Waals surface area (Å²) in [5.41, 5.74) is 0. The maximum Gasteiger partial charge on any atom is 0.353 e. The van der Waals surface area contributed by atoms with Gasteiger partial charge in [-0.2, -0.15) is 5.90 Å². The third-order valence-electron chi connectivity index (χ3n) is 1.16. The van der Waals surface area contributed by atoms with Crippen LogP contribution in [0.5, 0.6) is 0 Å². The second-order valence-corrected chi connectivity index (χ2v) is 1.93. The van der Waals surface area contributed by atoms with Gasteiger partial charge in [-0.15, -0.1) is 0 Å². The van der Waals surface area contributed by atoms with Crippen LogP contribution in [0.15, 0.2) is 0 Å². The Kier molecular flexibility index (Phi) is 5.73. The van der Waals surface area contributed by atoms with Gasteiger partial charge in [-0.25, -0.2) is 4.79 Å². The second kappa shape index (κ2) is 6.09. The second-order valence-electron chi connectivity index (χ2n) is 1.93. The molecule has 0 spiro atoms. The van der Waals surface area contributed by atoms with E-state index in [2.05, 4.69) is 10.7 Å². The van der Waals surface area contributed by atoms with Crippen LogP contribution >= 0.6 is 0 Å². The Bertz CT molecular complexity index is 117. The summed E-state index contributed by atoms with van der Waals surface area (Å²) >= 11 is 0. The van der Waals surface area contributed by atoms with Crippen molar-refractivity contribution >= 4 is 5.97 Å². The van der Waals surface area contributed by atoms with E-state index in [4.69, 9.17) is 9.84 Å². The van der Waals surface area contributed by atoms with Gasteiger partial charge in [-0.05, 0) is 6.42 Å². The van der Waals surface area contributed by atoms with Crippen LogP contribution in [0.4, 0.5) is 0 Å². The first-order valence-electron chi connectivity index (χ1n) is 3.39. The summed E-state index contributed by atoms with van der Waals surface area (Å²) in [4.78, 5) is 14.6. The molecule has 0 saturated heterocycles. The zero-order chi connectivity index (χ0) is 8.69. The molecule has 0 aromatic carbocycles. The van der Waals surface area contributed by atoms with Gasteiger partial charge in [0.1, 0.15) is 0 Å². The van der Waals surface area contributed by atoms with E-state index in [0.717, 1.165) is 0 Å². The number of nitrogens with two attached hydrogens (primary N) is 1. The largest absolute Gasteiger partial charge is 0.394 e. The average molecular weight is 163 g/mol. The fraction of sp³-hybridized carbons (Fsp3) is 0.833. The topological polar surface area (TPSA) is 81.8 Å². The van der Waals surface area contributed by atoms with Crippen LogP contribution in [0.2, 0.25) is 0 Å². The Morgan fingerprint density at radius 2 is 2.36 bits per heavy atom. The highest BCUT2D eigenvalue weighted by Crippen LogP contribution is 1.98. The molecule has 0 saturated carbocycles. The smallest absolute Gasteiger partial charge is 0.353 e. The third-order valence-corrected chi connectivity index (χ3v) is 1.16. The van der Waals surface area contributed by atoms with Crippen LogP contribution in [0.1, 0.15) is 13.3 Å². The van der Waals surface area contributed by atoms with Crippen LogP contribution in [0.3, 0.4) is 0 Å². The molecular weight excluding hydrogens is 150 g/mol. The zero-order valence-electron chi connectivity index (χ0n) is 6.45. The highest BCUT2D eigenvalue weighted by molar-refractivity contribution is 5.74. The molecule has 5 heteroatoms. The molecule has 1 atom stereocenters. The molecule has 0 aromatic heterocycles. The number of carbonyl (C=O) groups excluding carboxylic acids is 1. The van der Waals surface area contributed by atoms with Gasteiger partial charge in [0.2, 0.25) is 0 Å². The molecule has 0 rings (SSSR count). The van der Waals surface area contributed by atoms with E-state index in [0.29, 0.717) is 6.42 Å². The molecule has 3 N–H and O–H groups in total. The minimum Gasteiger partial charge on any atom is -0.394 e. The van der Waals surface area contributed by atoms with Gasteiger partial charge >= 0.3 is 5.97 Å². The lowest BCUT2D eigenvalue weighted by molar-refractivity contribution is -0.158. The van der Waals surface area contributed by atoms with E-state index >= 15 is 0 Å². The first kappa shape index (κ1) is 10.3. The Balaban J connectivity index is 3.65. The van der Waals surface area contributed by atoms with Crippen molar-refractivity contribution in [2.75, 3.05) is 13.2 Å². The minimum absolute atomic E-state index is 0.117. The zero-order valence-corrected chi connectivity index (χ0v) is 6.45. The standard InChI is InChI=1S/C6H13NO4/c1-2-5(6(9)11-7)10-4-3-8/h5,8H,2-4,7H2,1H3. The lowest BCUT2D eigenvalue weighted by atomic mass is 10.3. The normalized spacial score (nSPS) is 12.6. The number of hydrogen-bond acceptors (Lipinski definition) is 5. The summed E-state index contributed by atoms with van der Waals surface area (Å²) in [6.45, 7) is 1.76. The molecule has 0 heterocycles. The number of carbonyl (C=O) groups is 1. The molecule has 0 radical (unpaired) electrons. The average Bonchev–Trinajstić information content (AvgIpc) is 2.05. The highest BCUT2D eigenvalue weighted by Gasteiger charge is 2.17. The van der Waals surface area contributed by atoms with Gasteiger partial charge in [0.25, 0.3) is 0 Å². The van der Waals surface area contributed by atoms with E-state index in [1.807, 2.05) is 0 Å². The van der Waals surface area contributed by atoms with Gasteiger partial charge in [0.05, 0.1) is 13.2 Å². The molecule has 0 amide bonds. The lowest BCUT2D eigenvalue weighted by Crippen LogP contribution is -2.29. The fourth-order valence-corrected chi connectivity index (χ4v) is 0.623. The fourth-order valence-electron chi connectivity index (χ4n) is 0.623. The van der Waals surface area contributed by atoms with Crippen molar-refractivity contribution < 1.29 is 19.5 Å². The van der Waals surface area contributed by atoms with Crippen LogP contribution in [0.25, 0.3) is 0 Å². The van der Waals surface area contributed by atoms with Gasteiger partial charge in [0, 0.05) is 0 Å².